The number of hydrogen-bond acceptors (Lipinski definition) is 5. The molecule has 0 saturated heterocycles. The van der Waals surface area contributed by atoms with Crippen LogP contribution < -0.4 is 11.2 Å². The third-order valence-electron chi connectivity index (χ3n) is 4.57. The van der Waals surface area contributed by atoms with Gasteiger partial charge in [0, 0.05) is 5.56 Å². The molecule has 1 atom stereocenters. The van der Waals surface area contributed by atoms with Gasteiger partial charge in [0.2, 0.25) is 11.1 Å². The molecule has 3 aromatic rings. The maximum atomic E-state index is 12.3. The van der Waals surface area contributed by atoms with Crippen LogP contribution in [0.15, 0.2) is 53.7 Å². The van der Waals surface area contributed by atoms with E-state index in [-0.39, 0.29) is 17.7 Å². The number of carbonyl (C=O) groups is 1. The molecular formula is C21H25N5OS. The van der Waals surface area contributed by atoms with Gasteiger partial charge in [-0.25, -0.2) is 4.68 Å². The van der Waals surface area contributed by atoms with Gasteiger partial charge in [-0.15, -0.1) is 10.2 Å². The Hall–Kier alpha value is -2.80. The van der Waals surface area contributed by atoms with Crippen LogP contribution in [0, 0.1) is 6.92 Å². The highest BCUT2D eigenvalue weighted by molar-refractivity contribution is 7.99. The van der Waals surface area contributed by atoms with Crippen molar-refractivity contribution in [3.05, 3.63) is 65.2 Å². The topological polar surface area (TPSA) is 85.8 Å². The number of nitrogens with zero attached hydrogens (tertiary/aromatic N) is 3. The second-order valence-corrected chi connectivity index (χ2v) is 7.66. The molecular weight excluding hydrogens is 370 g/mol. The summed E-state index contributed by atoms with van der Waals surface area (Å²) in [5.41, 5.74) is 4.42. The van der Waals surface area contributed by atoms with E-state index in [1.54, 1.807) is 0 Å². The number of aromatic nitrogens is 3. The lowest BCUT2D eigenvalue weighted by Crippen LogP contribution is -2.28. The summed E-state index contributed by atoms with van der Waals surface area (Å²) in [7, 11) is 0. The Morgan fingerprint density at radius 3 is 2.46 bits per heavy atom. The van der Waals surface area contributed by atoms with E-state index in [0.29, 0.717) is 11.0 Å². The molecule has 3 rings (SSSR count). The van der Waals surface area contributed by atoms with Crippen molar-refractivity contribution in [1.29, 1.82) is 0 Å². The fourth-order valence-electron chi connectivity index (χ4n) is 2.81. The number of nitrogens with one attached hydrogen (secondary N) is 1. The van der Waals surface area contributed by atoms with E-state index in [0.717, 1.165) is 23.1 Å². The SMILES string of the molecule is CCc1ccc(C(C)NC(=O)CSc2nnc(-c3ccc(C)cc3)n2N)cc1. The van der Waals surface area contributed by atoms with Crippen LogP contribution in [0.3, 0.4) is 0 Å². The van der Waals surface area contributed by atoms with Crippen LogP contribution in [0.5, 0.6) is 0 Å². The van der Waals surface area contributed by atoms with Crippen LogP contribution in [-0.2, 0) is 11.2 Å². The van der Waals surface area contributed by atoms with Crippen molar-refractivity contribution in [2.24, 2.45) is 0 Å². The average molecular weight is 396 g/mol. The zero-order chi connectivity index (χ0) is 20.1. The molecule has 1 unspecified atom stereocenters. The first kappa shape index (κ1) is 19.9. The smallest absolute Gasteiger partial charge is 0.230 e. The summed E-state index contributed by atoms with van der Waals surface area (Å²) in [5.74, 6) is 6.85. The molecule has 2 aromatic carbocycles. The van der Waals surface area contributed by atoms with Gasteiger partial charge in [0.15, 0.2) is 5.82 Å². The van der Waals surface area contributed by atoms with E-state index in [1.165, 1.54) is 22.0 Å². The molecule has 0 radical (unpaired) electrons. The predicted molar refractivity (Wildman–Crippen MR) is 113 cm³/mol. The molecule has 0 bridgehead atoms. The summed E-state index contributed by atoms with van der Waals surface area (Å²) in [4.78, 5) is 12.3. The maximum Gasteiger partial charge on any atom is 0.230 e. The van der Waals surface area contributed by atoms with E-state index in [2.05, 4.69) is 46.7 Å². The number of nitrogens with two attached hydrogens (primary N) is 1. The van der Waals surface area contributed by atoms with Crippen LogP contribution in [0.4, 0.5) is 0 Å². The molecule has 0 aliphatic heterocycles. The largest absolute Gasteiger partial charge is 0.349 e. The first-order valence-electron chi connectivity index (χ1n) is 9.26. The lowest BCUT2D eigenvalue weighted by molar-refractivity contribution is -0.119. The minimum absolute atomic E-state index is 0.0575. The highest BCUT2D eigenvalue weighted by atomic mass is 32.2. The minimum atomic E-state index is -0.0723. The third kappa shape index (κ3) is 4.72. The molecule has 1 heterocycles. The van der Waals surface area contributed by atoms with E-state index in [4.69, 9.17) is 5.84 Å². The highest BCUT2D eigenvalue weighted by Crippen LogP contribution is 2.22. The lowest BCUT2D eigenvalue weighted by atomic mass is 10.1. The number of carbonyl (C=O) groups excluding carboxylic acids is 1. The van der Waals surface area contributed by atoms with Crippen molar-refractivity contribution in [2.75, 3.05) is 11.6 Å². The number of hydrogen-bond donors (Lipinski definition) is 2. The van der Waals surface area contributed by atoms with Gasteiger partial charge in [-0.2, -0.15) is 0 Å². The molecule has 0 fully saturated rings. The number of benzene rings is 2. The average Bonchev–Trinajstić information content (AvgIpc) is 3.07. The Labute approximate surface area is 169 Å². The first-order valence-corrected chi connectivity index (χ1v) is 10.2. The molecule has 1 aromatic heterocycles. The number of nitrogen functional groups attached to an aromatic ring is 1. The second-order valence-electron chi connectivity index (χ2n) is 6.72. The van der Waals surface area contributed by atoms with Crippen LogP contribution in [0.25, 0.3) is 11.4 Å². The number of thioether (sulfide) groups is 1. The Bertz CT molecular complexity index is 934. The predicted octanol–water partition coefficient (Wildman–Crippen LogP) is 3.50. The van der Waals surface area contributed by atoms with Gasteiger partial charge in [0.05, 0.1) is 11.8 Å². The molecule has 3 N–H and O–H groups in total. The molecule has 1 amide bonds. The normalized spacial score (nSPS) is 12.0. The molecule has 6 nitrogen and oxygen atoms in total. The fourth-order valence-corrected chi connectivity index (χ4v) is 3.48. The third-order valence-corrected chi connectivity index (χ3v) is 5.52. The lowest BCUT2D eigenvalue weighted by Gasteiger charge is -2.14. The van der Waals surface area contributed by atoms with E-state index < -0.39 is 0 Å². The van der Waals surface area contributed by atoms with E-state index in [1.807, 2.05) is 38.1 Å². The summed E-state index contributed by atoms with van der Waals surface area (Å²) in [6, 6.07) is 16.1. The first-order chi connectivity index (χ1) is 13.5. The number of rotatable bonds is 7. The molecule has 7 heteroatoms. The quantitative estimate of drug-likeness (QED) is 0.472. The molecule has 146 valence electrons. The highest BCUT2D eigenvalue weighted by Gasteiger charge is 2.15. The molecule has 0 spiro atoms. The number of aryl methyl sites for hydroxylation is 2. The summed E-state index contributed by atoms with van der Waals surface area (Å²) in [5, 5.41) is 11.8. The zero-order valence-electron chi connectivity index (χ0n) is 16.3. The Kier molecular flexibility index (Phi) is 6.36. The van der Waals surface area contributed by atoms with Crippen LogP contribution in [0.1, 0.15) is 36.6 Å². The summed E-state index contributed by atoms with van der Waals surface area (Å²) in [6.07, 6.45) is 1.00. The van der Waals surface area contributed by atoms with E-state index >= 15 is 0 Å². The van der Waals surface area contributed by atoms with Crippen molar-refractivity contribution in [3.8, 4) is 11.4 Å². The van der Waals surface area contributed by atoms with Gasteiger partial charge >= 0.3 is 0 Å². The summed E-state index contributed by atoms with van der Waals surface area (Å²) >= 11 is 1.27. The van der Waals surface area contributed by atoms with Gasteiger partial charge in [-0.1, -0.05) is 72.8 Å². The number of amides is 1. The van der Waals surface area contributed by atoms with E-state index in [9.17, 15) is 4.79 Å². The fraction of sp³-hybridized carbons (Fsp3) is 0.286. The van der Waals surface area contributed by atoms with Crippen molar-refractivity contribution in [3.63, 3.8) is 0 Å². The molecule has 0 saturated carbocycles. The van der Waals surface area contributed by atoms with Crippen molar-refractivity contribution < 1.29 is 4.79 Å². The van der Waals surface area contributed by atoms with Crippen LogP contribution in [-0.4, -0.2) is 26.5 Å². The van der Waals surface area contributed by atoms with Gasteiger partial charge in [-0.3, -0.25) is 4.79 Å². The minimum Gasteiger partial charge on any atom is -0.349 e. The van der Waals surface area contributed by atoms with Crippen molar-refractivity contribution in [1.82, 2.24) is 20.2 Å². The molecule has 0 aliphatic rings. The second kappa shape index (κ2) is 8.93. The maximum absolute atomic E-state index is 12.3. The van der Waals surface area contributed by atoms with Gasteiger partial charge < -0.3 is 11.2 Å². The Morgan fingerprint density at radius 1 is 1.14 bits per heavy atom. The summed E-state index contributed by atoms with van der Waals surface area (Å²) in [6.45, 7) is 6.12. The van der Waals surface area contributed by atoms with Crippen LogP contribution >= 0.6 is 11.8 Å². The Balaban J connectivity index is 1.57. The molecule has 28 heavy (non-hydrogen) atoms. The van der Waals surface area contributed by atoms with Gasteiger partial charge in [0.1, 0.15) is 0 Å². The monoisotopic (exact) mass is 395 g/mol. The van der Waals surface area contributed by atoms with Crippen molar-refractivity contribution >= 4 is 17.7 Å². The molecule has 0 aliphatic carbocycles. The zero-order valence-corrected chi connectivity index (χ0v) is 17.2. The Morgan fingerprint density at radius 2 is 1.82 bits per heavy atom. The van der Waals surface area contributed by atoms with Crippen LogP contribution in [0.2, 0.25) is 0 Å². The standard InChI is InChI=1S/C21H25N5OS/c1-4-16-7-11-17(12-8-16)15(3)23-19(27)13-28-21-25-24-20(26(21)22)18-9-5-14(2)6-10-18/h5-12,15H,4,13,22H2,1-3H3,(H,23,27). The van der Waals surface area contributed by atoms with Gasteiger partial charge in [0.25, 0.3) is 0 Å². The van der Waals surface area contributed by atoms with Gasteiger partial charge in [-0.05, 0) is 31.4 Å². The van der Waals surface area contributed by atoms with Crippen molar-refractivity contribution in [2.45, 2.75) is 38.4 Å². The summed E-state index contributed by atoms with van der Waals surface area (Å²) < 4.78 is 1.43.